The first-order valence-corrected chi connectivity index (χ1v) is 10.1. The molecule has 3 atom stereocenters. The summed E-state index contributed by atoms with van der Waals surface area (Å²) >= 11 is 0. The highest BCUT2D eigenvalue weighted by Crippen LogP contribution is 2.41. The number of carbonyl (C=O) groups is 1. The molecule has 1 saturated heterocycles. The van der Waals surface area contributed by atoms with E-state index in [1.807, 2.05) is 0 Å². The van der Waals surface area contributed by atoms with Crippen molar-refractivity contribution in [2.24, 2.45) is 0 Å². The van der Waals surface area contributed by atoms with Crippen molar-refractivity contribution in [2.45, 2.75) is 69.0 Å². The third kappa shape index (κ3) is 3.35. The molecule has 4 rings (SSSR count). The van der Waals surface area contributed by atoms with Gasteiger partial charge >= 0.3 is 6.03 Å². The number of likely N-dealkylation sites (tertiary alicyclic amines) is 1. The molecule has 1 saturated carbocycles. The van der Waals surface area contributed by atoms with Gasteiger partial charge in [0.1, 0.15) is 6.04 Å². The summed E-state index contributed by atoms with van der Waals surface area (Å²) in [7, 11) is 0. The molecular weight excluding hydrogens is 338 g/mol. The van der Waals surface area contributed by atoms with E-state index >= 15 is 0 Å². The van der Waals surface area contributed by atoms with Crippen molar-refractivity contribution in [2.75, 3.05) is 6.61 Å². The minimum absolute atomic E-state index is 0.131. The molecule has 1 aromatic carbocycles. The number of urea groups is 1. The minimum atomic E-state index is -0.528. The number of nitrogens with zero attached hydrogens (tertiary/aromatic N) is 2. The second kappa shape index (κ2) is 7.74. The first-order chi connectivity index (χ1) is 13.2. The van der Waals surface area contributed by atoms with Crippen LogP contribution in [0.4, 0.5) is 4.79 Å². The maximum absolute atomic E-state index is 12.7. The van der Waals surface area contributed by atoms with Crippen molar-refractivity contribution >= 4 is 11.6 Å². The molecule has 1 aromatic rings. The van der Waals surface area contributed by atoms with E-state index in [1.165, 1.54) is 22.5 Å². The molecule has 0 radical (unpaired) electrons. The fourth-order valence-electron chi connectivity index (χ4n) is 4.86. The Hall–Kier alpha value is -2.32. The van der Waals surface area contributed by atoms with Crippen LogP contribution in [-0.4, -0.2) is 40.8 Å². The summed E-state index contributed by atoms with van der Waals surface area (Å²) in [5.41, 5.74) is 3.65. The van der Waals surface area contributed by atoms with Crippen molar-refractivity contribution in [1.82, 2.24) is 10.2 Å². The van der Waals surface area contributed by atoms with Crippen LogP contribution in [0.15, 0.2) is 30.3 Å². The quantitative estimate of drug-likeness (QED) is 0.856. The molecule has 1 heterocycles. The van der Waals surface area contributed by atoms with Gasteiger partial charge in [0.2, 0.25) is 0 Å². The Balaban J connectivity index is 1.49. The highest BCUT2D eigenvalue weighted by molar-refractivity contribution is 5.78. The van der Waals surface area contributed by atoms with Gasteiger partial charge in [-0.2, -0.15) is 5.26 Å². The van der Waals surface area contributed by atoms with Crippen LogP contribution < -0.4 is 5.32 Å². The average Bonchev–Trinajstić information content (AvgIpc) is 3.36. The van der Waals surface area contributed by atoms with Gasteiger partial charge in [-0.15, -0.1) is 0 Å². The summed E-state index contributed by atoms with van der Waals surface area (Å²) in [4.78, 5) is 14.2. The van der Waals surface area contributed by atoms with E-state index in [4.69, 9.17) is 0 Å². The number of hydrogen-bond donors (Lipinski definition) is 2. The Morgan fingerprint density at radius 3 is 2.56 bits per heavy atom. The van der Waals surface area contributed by atoms with Crippen LogP contribution in [0.25, 0.3) is 5.57 Å². The van der Waals surface area contributed by atoms with Gasteiger partial charge in [0.15, 0.2) is 0 Å². The Kier molecular flexibility index (Phi) is 5.18. The molecule has 2 fully saturated rings. The summed E-state index contributed by atoms with van der Waals surface area (Å²) in [6.07, 6.45) is 10.1. The third-order valence-electron chi connectivity index (χ3n) is 6.36. The molecular formula is C22H27N3O2. The van der Waals surface area contributed by atoms with E-state index in [0.29, 0.717) is 0 Å². The zero-order valence-electron chi connectivity index (χ0n) is 15.6. The average molecular weight is 365 g/mol. The van der Waals surface area contributed by atoms with Gasteiger partial charge in [0, 0.05) is 12.0 Å². The van der Waals surface area contributed by atoms with Crippen LogP contribution >= 0.6 is 0 Å². The van der Waals surface area contributed by atoms with E-state index in [2.05, 4.69) is 41.7 Å². The maximum Gasteiger partial charge on any atom is 0.319 e. The van der Waals surface area contributed by atoms with Crippen molar-refractivity contribution in [3.05, 3.63) is 41.5 Å². The fourth-order valence-corrected chi connectivity index (χ4v) is 4.86. The number of hydrogen-bond acceptors (Lipinski definition) is 3. The van der Waals surface area contributed by atoms with Crippen molar-refractivity contribution in [3.63, 3.8) is 0 Å². The summed E-state index contributed by atoms with van der Waals surface area (Å²) in [5, 5.41) is 22.6. The Labute approximate surface area is 160 Å². The van der Waals surface area contributed by atoms with Gasteiger partial charge in [-0.1, -0.05) is 43.2 Å². The van der Waals surface area contributed by atoms with Crippen LogP contribution in [0.2, 0.25) is 0 Å². The second-order valence-electron chi connectivity index (χ2n) is 7.93. The number of amides is 2. The van der Waals surface area contributed by atoms with E-state index in [-0.39, 0.29) is 30.6 Å². The summed E-state index contributed by atoms with van der Waals surface area (Å²) in [5.74, 6) is -0.138. The predicted octanol–water partition coefficient (Wildman–Crippen LogP) is 3.56. The van der Waals surface area contributed by atoms with Crippen molar-refractivity contribution in [1.29, 1.82) is 5.26 Å². The highest BCUT2D eigenvalue weighted by atomic mass is 16.3. The second-order valence-corrected chi connectivity index (χ2v) is 7.93. The number of aliphatic hydroxyl groups excluding tert-OH is 1. The van der Waals surface area contributed by atoms with Crippen molar-refractivity contribution < 1.29 is 9.90 Å². The molecule has 0 aromatic heterocycles. The molecule has 2 N–H and O–H groups in total. The molecule has 1 aliphatic heterocycles. The lowest BCUT2D eigenvalue weighted by Crippen LogP contribution is -2.67. The molecule has 0 bridgehead atoms. The van der Waals surface area contributed by atoms with Gasteiger partial charge in [0.25, 0.3) is 0 Å². The lowest BCUT2D eigenvalue weighted by molar-refractivity contribution is 0.0158. The molecule has 3 aliphatic rings. The Bertz CT molecular complexity index is 759. The molecule has 2 amide bonds. The monoisotopic (exact) mass is 365 g/mol. The zero-order valence-corrected chi connectivity index (χ0v) is 15.6. The zero-order chi connectivity index (χ0) is 18.8. The molecule has 0 unspecified atom stereocenters. The van der Waals surface area contributed by atoms with E-state index in [1.54, 1.807) is 0 Å². The standard InChI is InChI=1S/C22H27N3O2/c23-13-19-21(17-11-9-16(10-12-17)15-5-1-2-6-15)20(14-26)25(19)22(27)24-18-7-3-4-8-18/h5,9-12,18-21,26H,1-4,6-8,14H2,(H,24,27)/t19-,20+,21-/m0/s1. The van der Waals surface area contributed by atoms with Gasteiger partial charge in [-0.25, -0.2) is 4.79 Å². The summed E-state index contributed by atoms with van der Waals surface area (Å²) in [6, 6.07) is 9.73. The number of benzene rings is 1. The van der Waals surface area contributed by atoms with Gasteiger partial charge < -0.3 is 15.3 Å². The first kappa shape index (κ1) is 18.1. The van der Waals surface area contributed by atoms with Gasteiger partial charge in [-0.3, -0.25) is 0 Å². The number of aliphatic hydroxyl groups is 1. The van der Waals surface area contributed by atoms with Gasteiger partial charge in [-0.05, 0) is 48.8 Å². The normalized spacial score (nSPS) is 27.8. The maximum atomic E-state index is 12.7. The first-order valence-electron chi connectivity index (χ1n) is 10.1. The van der Waals surface area contributed by atoms with E-state index in [0.717, 1.165) is 44.1 Å². The number of allylic oxidation sites excluding steroid dienone is 2. The summed E-state index contributed by atoms with van der Waals surface area (Å²) < 4.78 is 0. The van der Waals surface area contributed by atoms with Crippen LogP contribution in [0, 0.1) is 11.3 Å². The number of rotatable bonds is 4. The molecule has 5 nitrogen and oxygen atoms in total. The predicted molar refractivity (Wildman–Crippen MR) is 104 cm³/mol. The summed E-state index contributed by atoms with van der Waals surface area (Å²) in [6.45, 7) is -0.131. The lowest BCUT2D eigenvalue weighted by Gasteiger charge is -2.51. The molecule has 27 heavy (non-hydrogen) atoms. The third-order valence-corrected chi connectivity index (χ3v) is 6.36. The van der Waals surface area contributed by atoms with Crippen molar-refractivity contribution in [3.8, 4) is 6.07 Å². The number of nitriles is 1. The van der Waals surface area contributed by atoms with E-state index < -0.39 is 6.04 Å². The van der Waals surface area contributed by atoms with Crippen LogP contribution in [0.1, 0.15) is 62.0 Å². The van der Waals surface area contributed by atoms with Gasteiger partial charge in [0.05, 0.1) is 18.7 Å². The SMILES string of the molecule is N#C[C@H]1[C@H](c2ccc(C3=CCCC3)cc2)[C@@H](CO)N1C(=O)NC1CCCC1. The molecule has 2 aliphatic carbocycles. The number of nitrogens with one attached hydrogen (secondary N) is 1. The number of carbonyl (C=O) groups excluding carboxylic acids is 1. The van der Waals surface area contributed by atoms with Crippen LogP contribution in [0.3, 0.4) is 0 Å². The minimum Gasteiger partial charge on any atom is -0.394 e. The molecule has 5 heteroatoms. The topological polar surface area (TPSA) is 76.4 Å². The molecule has 0 spiro atoms. The smallest absolute Gasteiger partial charge is 0.319 e. The largest absolute Gasteiger partial charge is 0.394 e. The molecule has 142 valence electrons. The fraction of sp³-hybridized carbons (Fsp3) is 0.545. The Morgan fingerprint density at radius 1 is 1.22 bits per heavy atom. The highest BCUT2D eigenvalue weighted by Gasteiger charge is 2.52. The van der Waals surface area contributed by atoms with Crippen LogP contribution in [0.5, 0.6) is 0 Å². The lowest BCUT2D eigenvalue weighted by atomic mass is 9.75. The van der Waals surface area contributed by atoms with E-state index in [9.17, 15) is 15.2 Å². The Morgan fingerprint density at radius 2 is 1.96 bits per heavy atom. The van der Waals surface area contributed by atoms with Crippen LogP contribution in [-0.2, 0) is 0 Å².